The predicted octanol–water partition coefficient (Wildman–Crippen LogP) is 1.12. The van der Waals surface area contributed by atoms with Gasteiger partial charge in [0.15, 0.2) is 5.78 Å². The van der Waals surface area contributed by atoms with Crippen LogP contribution in [0, 0.1) is 5.92 Å². The Morgan fingerprint density at radius 2 is 2.21 bits per heavy atom. The maximum atomic E-state index is 11.6. The highest BCUT2D eigenvalue weighted by atomic mass is 16.5. The van der Waals surface area contributed by atoms with Crippen LogP contribution in [-0.4, -0.2) is 31.6 Å². The molecule has 1 saturated heterocycles. The van der Waals surface area contributed by atoms with Crippen LogP contribution in [0.15, 0.2) is 0 Å². The quantitative estimate of drug-likeness (QED) is 0.737. The van der Waals surface area contributed by atoms with E-state index in [1.807, 2.05) is 0 Å². The number of carbonyl (C=O) groups excluding carboxylic acids is 1. The highest BCUT2D eigenvalue weighted by Gasteiger charge is 2.37. The molecule has 0 aromatic rings. The third-order valence-electron chi connectivity index (χ3n) is 3.54. The van der Waals surface area contributed by atoms with Crippen LogP contribution >= 0.6 is 0 Å². The molecule has 1 aliphatic carbocycles. The van der Waals surface area contributed by atoms with Gasteiger partial charge in [0, 0.05) is 13.2 Å². The summed E-state index contributed by atoms with van der Waals surface area (Å²) in [6.45, 7) is 0.261. The molecule has 0 amide bonds. The average Bonchev–Trinajstić information content (AvgIpc) is 2.61. The molecule has 1 aliphatic heterocycles. The summed E-state index contributed by atoms with van der Waals surface area (Å²) in [6, 6.07) is 0.678. The number of methoxy groups -OCH3 is 1. The van der Waals surface area contributed by atoms with Crippen LogP contribution in [-0.2, 0) is 9.53 Å². The summed E-state index contributed by atoms with van der Waals surface area (Å²) in [5.74, 6) is 0.969. The van der Waals surface area contributed by atoms with Gasteiger partial charge in [0.25, 0.3) is 0 Å². The minimum absolute atomic E-state index is 0.0723. The molecular weight excluding hydrogens is 178 g/mol. The third-order valence-corrected chi connectivity index (χ3v) is 3.54. The molecule has 2 aliphatic rings. The highest BCUT2D eigenvalue weighted by Crippen LogP contribution is 2.33. The normalized spacial score (nSPS) is 36.8. The zero-order valence-corrected chi connectivity index (χ0v) is 8.79. The fourth-order valence-electron chi connectivity index (χ4n) is 2.81. The molecule has 2 rings (SSSR count). The summed E-state index contributed by atoms with van der Waals surface area (Å²) in [6.07, 6.45) is 6.25. The van der Waals surface area contributed by atoms with Gasteiger partial charge in [0.05, 0.1) is 6.04 Å². The van der Waals surface area contributed by atoms with Gasteiger partial charge in [0.1, 0.15) is 6.61 Å². The second kappa shape index (κ2) is 4.41. The van der Waals surface area contributed by atoms with Gasteiger partial charge < -0.3 is 10.1 Å². The molecule has 1 saturated carbocycles. The summed E-state index contributed by atoms with van der Waals surface area (Å²) >= 11 is 0. The number of hydrogen-bond acceptors (Lipinski definition) is 3. The van der Waals surface area contributed by atoms with Crippen LogP contribution in [0.25, 0.3) is 0 Å². The van der Waals surface area contributed by atoms with Crippen LogP contribution in [0.5, 0.6) is 0 Å². The number of ether oxygens (including phenoxy) is 1. The van der Waals surface area contributed by atoms with Crippen LogP contribution < -0.4 is 5.32 Å². The van der Waals surface area contributed by atoms with Crippen molar-refractivity contribution >= 4 is 5.78 Å². The summed E-state index contributed by atoms with van der Waals surface area (Å²) < 4.78 is 4.88. The molecule has 1 heterocycles. The molecule has 80 valence electrons. The summed E-state index contributed by atoms with van der Waals surface area (Å²) in [5, 5.41) is 3.45. The Hall–Kier alpha value is -0.410. The lowest BCUT2D eigenvalue weighted by molar-refractivity contribution is -0.124. The van der Waals surface area contributed by atoms with E-state index < -0.39 is 0 Å². The molecule has 0 aromatic heterocycles. The third kappa shape index (κ3) is 1.98. The Kier molecular flexibility index (Phi) is 3.19. The molecule has 3 heteroatoms. The molecule has 0 spiro atoms. The fourth-order valence-corrected chi connectivity index (χ4v) is 2.81. The largest absolute Gasteiger partial charge is 0.377 e. The van der Waals surface area contributed by atoms with Gasteiger partial charge in [0.2, 0.25) is 0 Å². The number of fused-ring (bicyclic) bond motifs is 1. The van der Waals surface area contributed by atoms with E-state index in [4.69, 9.17) is 4.74 Å². The van der Waals surface area contributed by atoms with E-state index in [9.17, 15) is 4.79 Å². The van der Waals surface area contributed by atoms with E-state index >= 15 is 0 Å². The number of hydrogen-bond donors (Lipinski definition) is 1. The lowest BCUT2D eigenvalue weighted by Gasteiger charge is -2.24. The molecule has 1 N–H and O–H groups in total. The van der Waals surface area contributed by atoms with Crippen molar-refractivity contribution in [2.75, 3.05) is 13.7 Å². The van der Waals surface area contributed by atoms with Crippen molar-refractivity contribution < 1.29 is 9.53 Å². The van der Waals surface area contributed by atoms with Crippen LogP contribution in [0.2, 0.25) is 0 Å². The van der Waals surface area contributed by atoms with Gasteiger partial charge in [-0.25, -0.2) is 0 Å². The average molecular weight is 197 g/mol. The smallest absolute Gasteiger partial charge is 0.175 e. The van der Waals surface area contributed by atoms with Gasteiger partial charge in [-0.05, 0) is 25.2 Å². The van der Waals surface area contributed by atoms with Crippen molar-refractivity contribution in [1.82, 2.24) is 5.32 Å². The minimum atomic E-state index is 0.0723. The molecule has 2 fully saturated rings. The zero-order chi connectivity index (χ0) is 9.97. The summed E-state index contributed by atoms with van der Waals surface area (Å²) in [5.41, 5.74) is 0. The number of ketones is 1. The van der Waals surface area contributed by atoms with Crippen molar-refractivity contribution in [3.05, 3.63) is 0 Å². The van der Waals surface area contributed by atoms with Crippen molar-refractivity contribution in [3.63, 3.8) is 0 Å². The first kappa shape index (κ1) is 10.1. The molecule has 3 atom stereocenters. The van der Waals surface area contributed by atoms with E-state index in [1.54, 1.807) is 7.11 Å². The first-order valence-electron chi connectivity index (χ1n) is 5.59. The van der Waals surface area contributed by atoms with E-state index in [0.717, 1.165) is 12.3 Å². The Morgan fingerprint density at radius 1 is 1.43 bits per heavy atom. The van der Waals surface area contributed by atoms with Crippen molar-refractivity contribution in [3.8, 4) is 0 Å². The van der Waals surface area contributed by atoms with Crippen molar-refractivity contribution in [2.24, 2.45) is 5.92 Å². The Balaban J connectivity index is 1.89. The Labute approximate surface area is 85.2 Å². The van der Waals surface area contributed by atoms with E-state index in [1.165, 1.54) is 25.7 Å². The van der Waals surface area contributed by atoms with Crippen LogP contribution in [0.3, 0.4) is 0 Å². The van der Waals surface area contributed by atoms with Gasteiger partial charge in [-0.1, -0.05) is 12.8 Å². The lowest BCUT2D eigenvalue weighted by atomic mass is 9.85. The fraction of sp³-hybridized carbons (Fsp3) is 0.909. The van der Waals surface area contributed by atoms with Crippen molar-refractivity contribution in [2.45, 2.75) is 44.2 Å². The predicted molar refractivity (Wildman–Crippen MR) is 54.2 cm³/mol. The maximum absolute atomic E-state index is 11.6. The summed E-state index contributed by atoms with van der Waals surface area (Å²) in [4.78, 5) is 11.6. The molecule has 0 radical (unpaired) electrons. The van der Waals surface area contributed by atoms with Gasteiger partial charge in [-0.3, -0.25) is 4.79 Å². The number of rotatable bonds is 3. The van der Waals surface area contributed by atoms with E-state index in [0.29, 0.717) is 6.04 Å². The Bertz CT molecular complexity index is 203. The number of nitrogens with one attached hydrogen (secondary N) is 1. The second-order valence-electron chi connectivity index (χ2n) is 4.51. The number of Topliss-reactive ketones (excluding diaryl/α,β-unsaturated/α-hetero) is 1. The first-order chi connectivity index (χ1) is 6.81. The highest BCUT2D eigenvalue weighted by molar-refractivity contribution is 5.85. The Morgan fingerprint density at radius 3 is 2.93 bits per heavy atom. The van der Waals surface area contributed by atoms with Gasteiger partial charge in [-0.15, -0.1) is 0 Å². The SMILES string of the molecule is COCC(=O)C1CC2CCCCC2N1. The van der Waals surface area contributed by atoms with Gasteiger partial charge >= 0.3 is 0 Å². The standard InChI is InChI=1S/C11H19NO2/c1-14-7-11(13)10-6-8-4-2-3-5-9(8)12-10/h8-10,12H,2-7H2,1H3. The molecular formula is C11H19NO2. The zero-order valence-electron chi connectivity index (χ0n) is 8.79. The van der Waals surface area contributed by atoms with Crippen LogP contribution in [0.4, 0.5) is 0 Å². The second-order valence-corrected chi connectivity index (χ2v) is 4.51. The minimum Gasteiger partial charge on any atom is -0.377 e. The molecule has 14 heavy (non-hydrogen) atoms. The van der Waals surface area contributed by atoms with Crippen molar-refractivity contribution in [1.29, 1.82) is 0 Å². The van der Waals surface area contributed by atoms with Crippen LogP contribution in [0.1, 0.15) is 32.1 Å². The van der Waals surface area contributed by atoms with Gasteiger partial charge in [-0.2, -0.15) is 0 Å². The maximum Gasteiger partial charge on any atom is 0.175 e. The monoisotopic (exact) mass is 197 g/mol. The van der Waals surface area contributed by atoms with E-state index in [2.05, 4.69) is 5.32 Å². The van der Waals surface area contributed by atoms with E-state index in [-0.39, 0.29) is 18.4 Å². The number of carbonyl (C=O) groups is 1. The molecule has 0 bridgehead atoms. The first-order valence-corrected chi connectivity index (χ1v) is 5.59. The summed E-state index contributed by atoms with van der Waals surface area (Å²) in [7, 11) is 1.58. The topological polar surface area (TPSA) is 38.3 Å². The molecule has 3 unspecified atom stereocenters. The molecule has 0 aromatic carbocycles. The lowest BCUT2D eigenvalue weighted by Crippen LogP contribution is -2.38. The molecule has 3 nitrogen and oxygen atoms in total.